The summed E-state index contributed by atoms with van der Waals surface area (Å²) in [4.78, 5) is 20.0. The van der Waals surface area contributed by atoms with Crippen molar-refractivity contribution in [3.63, 3.8) is 0 Å². The van der Waals surface area contributed by atoms with Gasteiger partial charge in [0.15, 0.2) is 4.96 Å². The van der Waals surface area contributed by atoms with Crippen molar-refractivity contribution < 1.29 is 4.79 Å². The number of piperidine rings is 1. The number of hydrogen-bond donors (Lipinski definition) is 2. The second-order valence-electron chi connectivity index (χ2n) is 5.48. The molecule has 1 aliphatic rings. The Balaban J connectivity index is 1.58. The van der Waals surface area contributed by atoms with E-state index in [4.69, 9.17) is 5.73 Å². The van der Waals surface area contributed by atoms with Gasteiger partial charge in [0.1, 0.15) is 0 Å². The first-order valence-corrected chi connectivity index (χ1v) is 8.25. The normalized spacial score (nSPS) is 20.0. The molecule has 1 atom stereocenters. The third-order valence-electron chi connectivity index (χ3n) is 3.85. The third-order valence-corrected chi connectivity index (χ3v) is 4.62. The van der Waals surface area contributed by atoms with Gasteiger partial charge < -0.3 is 11.1 Å². The average molecular weight is 307 g/mol. The fraction of sp³-hybridized carbons (Fsp3) is 0.571. The molecule has 1 fully saturated rings. The molecule has 2 aromatic rings. The molecule has 0 spiro atoms. The van der Waals surface area contributed by atoms with Gasteiger partial charge in [-0.3, -0.25) is 14.1 Å². The van der Waals surface area contributed by atoms with Crippen LogP contribution in [0, 0.1) is 5.92 Å². The van der Waals surface area contributed by atoms with Gasteiger partial charge in [-0.15, -0.1) is 11.3 Å². The number of carbonyl (C=O) groups excluding carboxylic acids is 1. The zero-order valence-electron chi connectivity index (χ0n) is 12.0. The highest BCUT2D eigenvalue weighted by Gasteiger charge is 2.25. The molecule has 0 radical (unpaired) electrons. The number of amides is 1. The first-order chi connectivity index (χ1) is 10.3. The minimum absolute atomic E-state index is 0.0778. The van der Waals surface area contributed by atoms with Gasteiger partial charge in [-0.25, -0.2) is 4.98 Å². The van der Waals surface area contributed by atoms with E-state index in [1.165, 1.54) is 0 Å². The highest BCUT2D eigenvalue weighted by molar-refractivity contribution is 7.15. The van der Waals surface area contributed by atoms with Crippen LogP contribution in [-0.2, 0) is 11.3 Å². The summed E-state index contributed by atoms with van der Waals surface area (Å²) in [6, 6.07) is 0. The Kier molecular flexibility index (Phi) is 4.52. The van der Waals surface area contributed by atoms with Crippen LogP contribution in [0.15, 0.2) is 17.8 Å². The summed E-state index contributed by atoms with van der Waals surface area (Å²) >= 11 is 1.64. The van der Waals surface area contributed by atoms with Crippen molar-refractivity contribution in [1.82, 2.24) is 19.6 Å². The summed E-state index contributed by atoms with van der Waals surface area (Å²) in [6.45, 7) is 3.71. The molecule has 0 aromatic carbocycles. The number of imidazole rings is 1. The molecule has 0 saturated carbocycles. The first kappa shape index (κ1) is 14.5. The van der Waals surface area contributed by atoms with E-state index < -0.39 is 0 Å². The van der Waals surface area contributed by atoms with Crippen molar-refractivity contribution in [2.24, 2.45) is 11.7 Å². The van der Waals surface area contributed by atoms with Crippen LogP contribution in [0.4, 0.5) is 0 Å². The Morgan fingerprint density at radius 1 is 1.57 bits per heavy atom. The number of carbonyl (C=O) groups is 1. The molecule has 0 aliphatic carbocycles. The minimum atomic E-state index is 0.0778. The summed E-state index contributed by atoms with van der Waals surface area (Å²) in [5.74, 6) is 0.213. The van der Waals surface area contributed by atoms with Gasteiger partial charge in [0.05, 0.1) is 11.6 Å². The molecular weight excluding hydrogens is 286 g/mol. The predicted molar refractivity (Wildman–Crippen MR) is 83.1 cm³/mol. The Hall–Kier alpha value is -1.44. The predicted octanol–water partition coefficient (Wildman–Crippen LogP) is 0.683. The molecular formula is C14H21N5OS. The van der Waals surface area contributed by atoms with Crippen LogP contribution in [0.1, 0.15) is 18.5 Å². The zero-order chi connectivity index (χ0) is 14.7. The molecule has 6 nitrogen and oxygen atoms in total. The van der Waals surface area contributed by atoms with E-state index in [0.717, 1.165) is 43.1 Å². The van der Waals surface area contributed by atoms with Crippen molar-refractivity contribution >= 4 is 22.2 Å². The maximum atomic E-state index is 12.0. The molecule has 1 unspecified atom stereocenters. The fourth-order valence-electron chi connectivity index (χ4n) is 2.83. The number of likely N-dealkylation sites (tertiary alicyclic amines) is 1. The van der Waals surface area contributed by atoms with E-state index in [9.17, 15) is 4.79 Å². The molecule has 0 bridgehead atoms. The third kappa shape index (κ3) is 3.42. The Bertz CT molecular complexity index is 579. The van der Waals surface area contributed by atoms with E-state index in [2.05, 4.69) is 25.8 Å². The highest BCUT2D eigenvalue weighted by Crippen LogP contribution is 2.19. The van der Waals surface area contributed by atoms with Crippen molar-refractivity contribution in [2.75, 3.05) is 26.2 Å². The topological polar surface area (TPSA) is 75.7 Å². The van der Waals surface area contributed by atoms with Crippen LogP contribution in [0.3, 0.4) is 0 Å². The molecule has 3 heterocycles. The number of thiazole rings is 1. The lowest BCUT2D eigenvalue weighted by Gasteiger charge is -2.31. The largest absolute Gasteiger partial charge is 0.355 e. The average Bonchev–Trinajstić information content (AvgIpc) is 3.06. The van der Waals surface area contributed by atoms with Gasteiger partial charge in [0, 0.05) is 44.0 Å². The Morgan fingerprint density at radius 2 is 2.48 bits per heavy atom. The lowest BCUT2D eigenvalue weighted by Crippen LogP contribution is -2.43. The molecule has 1 saturated heterocycles. The smallest absolute Gasteiger partial charge is 0.224 e. The van der Waals surface area contributed by atoms with Crippen molar-refractivity contribution in [1.29, 1.82) is 0 Å². The molecule has 3 N–H and O–H groups in total. The highest BCUT2D eigenvalue weighted by atomic mass is 32.1. The van der Waals surface area contributed by atoms with E-state index in [1.807, 2.05) is 11.6 Å². The number of nitrogens with two attached hydrogens (primary N) is 1. The van der Waals surface area contributed by atoms with Gasteiger partial charge in [-0.05, 0) is 19.4 Å². The number of aromatic nitrogens is 2. The number of rotatable bonds is 5. The monoisotopic (exact) mass is 307 g/mol. The van der Waals surface area contributed by atoms with Crippen molar-refractivity contribution in [2.45, 2.75) is 19.4 Å². The maximum Gasteiger partial charge on any atom is 0.224 e. The molecule has 21 heavy (non-hydrogen) atoms. The van der Waals surface area contributed by atoms with E-state index in [-0.39, 0.29) is 11.8 Å². The summed E-state index contributed by atoms with van der Waals surface area (Å²) < 4.78 is 2.05. The van der Waals surface area contributed by atoms with Crippen LogP contribution in [0.2, 0.25) is 0 Å². The maximum absolute atomic E-state index is 12.0. The number of fused-ring (bicyclic) bond motifs is 1. The van der Waals surface area contributed by atoms with Crippen LogP contribution < -0.4 is 11.1 Å². The molecule has 114 valence electrons. The summed E-state index contributed by atoms with van der Waals surface area (Å²) in [5.41, 5.74) is 6.50. The second-order valence-corrected chi connectivity index (χ2v) is 6.35. The van der Waals surface area contributed by atoms with E-state index in [1.54, 1.807) is 11.3 Å². The van der Waals surface area contributed by atoms with Crippen LogP contribution in [0.25, 0.3) is 4.96 Å². The van der Waals surface area contributed by atoms with Gasteiger partial charge in [0.25, 0.3) is 0 Å². The standard InChI is InChI=1S/C14H21N5OS/c15-3-4-16-13(20)11-2-1-5-18(8-11)9-12-10-19-6-7-21-14(19)17-12/h6-7,10-11H,1-5,8-9,15H2,(H,16,20). The molecule has 1 aliphatic heterocycles. The van der Waals surface area contributed by atoms with E-state index >= 15 is 0 Å². The quantitative estimate of drug-likeness (QED) is 0.852. The molecule has 7 heteroatoms. The van der Waals surface area contributed by atoms with Gasteiger partial charge in [0.2, 0.25) is 5.91 Å². The van der Waals surface area contributed by atoms with Gasteiger partial charge >= 0.3 is 0 Å². The SMILES string of the molecule is NCCNC(=O)C1CCCN(Cc2cn3ccsc3n2)C1. The lowest BCUT2D eigenvalue weighted by atomic mass is 9.97. The van der Waals surface area contributed by atoms with Crippen molar-refractivity contribution in [3.05, 3.63) is 23.5 Å². The van der Waals surface area contributed by atoms with Crippen LogP contribution in [0.5, 0.6) is 0 Å². The molecule has 2 aromatic heterocycles. The minimum Gasteiger partial charge on any atom is -0.355 e. The fourth-order valence-corrected chi connectivity index (χ4v) is 3.55. The summed E-state index contributed by atoms with van der Waals surface area (Å²) in [6.07, 6.45) is 6.12. The second kappa shape index (κ2) is 6.55. The summed E-state index contributed by atoms with van der Waals surface area (Å²) in [7, 11) is 0. The number of hydrogen-bond acceptors (Lipinski definition) is 5. The van der Waals surface area contributed by atoms with Crippen molar-refractivity contribution in [3.8, 4) is 0 Å². The van der Waals surface area contributed by atoms with Gasteiger partial charge in [-0.1, -0.05) is 0 Å². The number of nitrogens with zero attached hydrogens (tertiary/aromatic N) is 3. The summed E-state index contributed by atoms with van der Waals surface area (Å²) in [5, 5.41) is 4.93. The van der Waals surface area contributed by atoms with Crippen LogP contribution >= 0.6 is 11.3 Å². The Labute approximate surface area is 127 Å². The first-order valence-electron chi connectivity index (χ1n) is 7.37. The molecule has 3 rings (SSSR count). The molecule has 1 amide bonds. The Morgan fingerprint density at radius 3 is 3.29 bits per heavy atom. The zero-order valence-corrected chi connectivity index (χ0v) is 12.8. The van der Waals surface area contributed by atoms with E-state index in [0.29, 0.717) is 13.1 Å². The van der Waals surface area contributed by atoms with Gasteiger partial charge in [-0.2, -0.15) is 0 Å². The lowest BCUT2D eigenvalue weighted by molar-refractivity contribution is -0.126. The van der Waals surface area contributed by atoms with Crippen LogP contribution in [-0.4, -0.2) is 46.4 Å². The number of nitrogens with one attached hydrogen (secondary N) is 1.